The molecule has 18 heavy (non-hydrogen) atoms. The summed E-state index contributed by atoms with van der Waals surface area (Å²) < 4.78 is 5.67. The highest BCUT2D eigenvalue weighted by Gasteiger charge is 2.18. The van der Waals surface area contributed by atoms with Gasteiger partial charge >= 0.3 is 0 Å². The lowest BCUT2D eigenvalue weighted by Gasteiger charge is -2.23. The molecule has 0 saturated heterocycles. The molecule has 0 aromatic rings. The summed E-state index contributed by atoms with van der Waals surface area (Å²) in [5, 5.41) is 0. The fourth-order valence-corrected chi connectivity index (χ4v) is 1.85. The van der Waals surface area contributed by atoms with Gasteiger partial charge in [-0.25, -0.2) is 0 Å². The van der Waals surface area contributed by atoms with E-state index in [-0.39, 0.29) is 0 Å². The van der Waals surface area contributed by atoms with Gasteiger partial charge < -0.3 is 4.74 Å². The molecule has 0 unspecified atom stereocenters. The molecule has 0 atom stereocenters. The smallest absolute Gasteiger partial charge is 0.113 e. The Morgan fingerprint density at radius 1 is 1.28 bits per heavy atom. The highest BCUT2D eigenvalue weighted by molar-refractivity contribution is 5.57. The summed E-state index contributed by atoms with van der Waals surface area (Å²) in [6.07, 6.45) is 8.17. The van der Waals surface area contributed by atoms with Crippen molar-refractivity contribution in [1.29, 1.82) is 0 Å². The standard InChI is InChI=1S/C15H20O.C2H6/c1-6-9-14-13(8-3)10-16-12(5)15(14)11(4)7-2;1-2/h6-9H,3,10H2,1-2,4-5H3;1-2H3/b9-6-,11-7-;. The second-order valence-electron chi connectivity index (χ2n) is 3.83. The lowest BCUT2D eigenvalue weighted by Crippen LogP contribution is -2.10. The van der Waals surface area contributed by atoms with Crippen molar-refractivity contribution >= 4 is 0 Å². The van der Waals surface area contributed by atoms with Crippen molar-refractivity contribution in [3.05, 3.63) is 58.9 Å². The quantitative estimate of drug-likeness (QED) is 0.653. The molecule has 0 radical (unpaired) electrons. The molecular formula is C17H26O. The van der Waals surface area contributed by atoms with Crippen LogP contribution in [0.25, 0.3) is 0 Å². The topological polar surface area (TPSA) is 9.23 Å². The SMILES string of the molecule is C=CC1=C(/C=C\C)C(/C(C)=C\C)=C(C)OC1.CC. The molecule has 1 rings (SSSR count). The largest absolute Gasteiger partial charge is 0.493 e. The van der Waals surface area contributed by atoms with Crippen LogP contribution in [0.15, 0.2) is 58.9 Å². The first kappa shape index (κ1) is 16.5. The molecule has 0 fully saturated rings. The highest BCUT2D eigenvalue weighted by atomic mass is 16.5. The lowest BCUT2D eigenvalue weighted by atomic mass is 9.91. The molecule has 1 heterocycles. The molecule has 1 aliphatic rings. The van der Waals surface area contributed by atoms with Gasteiger partial charge in [0.05, 0.1) is 0 Å². The molecule has 0 aliphatic carbocycles. The van der Waals surface area contributed by atoms with Crippen LogP contribution in [-0.4, -0.2) is 6.61 Å². The average Bonchev–Trinajstić information content (AvgIpc) is 2.41. The maximum atomic E-state index is 5.67. The third-order valence-electron chi connectivity index (χ3n) is 2.82. The minimum absolute atomic E-state index is 0.621. The Labute approximate surface area is 112 Å². The highest BCUT2D eigenvalue weighted by Crippen LogP contribution is 2.31. The number of allylic oxidation sites excluding steroid dienone is 7. The van der Waals surface area contributed by atoms with Crippen molar-refractivity contribution in [3.63, 3.8) is 0 Å². The lowest BCUT2D eigenvalue weighted by molar-refractivity contribution is 0.235. The number of ether oxygens (including phenoxy) is 1. The van der Waals surface area contributed by atoms with E-state index >= 15 is 0 Å². The molecule has 100 valence electrons. The second kappa shape index (κ2) is 8.57. The van der Waals surface area contributed by atoms with Gasteiger partial charge in [-0.2, -0.15) is 0 Å². The number of hydrogen-bond donors (Lipinski definition) is 0. The Morgan fingerprint density at radius 2 is 1.89 bits per heavy atom. The maximum Gasteiger partial charge on any atom is 0.113 e. The molecule has 0 amide bonds. The Hall–Kier alpha value is -1.50. The first-order chi connectivity index (χ1) is 8.65. The van der Waals surface area contributed by atoms with E-state index in [1.807, 2.05) is 40.7 Å². The van der Waals surface area contributed by atoms with E-state index in [0.29, 0.717) is 6.61 Å². The van der Waals surface area contributed by atoms with Crippen LogP contribution in [0, 0.1) is 0 Å². The fourth-order valence-electron chi connectivity index (χ4n) is 1.85. The van der Waals surface area contributed by atoms with Gasteiger partial charge in [0.25, 0.3) is 0 Å². The molecule has 0 N–H and O–H groups in total. The second-order valence-corrected chi connectivity index (χ2v) is 3.83. The van der Waals surface area contributed by atoms with Crippen molar-refractivity contribution in [1.82, 2.24) is 0 Å². The van der Waals surface area contributed by atoms with E-state index in [2.05, 4.69) is 31.7 Å². The third kappa shape index (κ3) is 3.76. The third-order valence-corrected chi connectivity index (χ3v) is 2.82. The van der Waals surface area contributed by atoms with Crippen molar-refractivity contribution in [2.45, 2.75) is 41.5 Å². The molecule has 1 nitrogen and oxygen atoms in total. The number of hydrogen-bond acceptors (Lipinski definition) is 1. The van der Waals surface area contributed by atoms with Gasteiger partial charge in [-0.05, 0) is 44.4 Å². The van der Waals surface area contributed by atoms with Gasteiger partial charge in [-0.3, -0.25) is 0 Å². The normalized spacial score (nSPS) is 16.4. The van der Waals surface area contributed by atoms with Gasteiger partial charge in [0.2, 0.25) is 0 Å². The molecular weight excluding hydrogens is 220 g/mol. The van der Waals surface area contributed by atoms with Crippen LogP contribution in [0.3, 0.4) is 0 Å². The monoisotopic (exact) mass is 246 g/mol. The van der Waals surface area contributed by atoms with Crippen LogP contribution < -0.4 is 0 Å². The maximum absolute atomic E-state index is 5.67. The summed E-state index contributed by atoms with van der Waals surface area (Å²) in [5.74, 6) is 0.995. The van der Waals surface area contributed by atoms with Crippen molar-refractivity contribution < 1.29 is 4.74 Å². The summed E-state index contributed by atoms with van der Waals surface area (Å²) in [6.45, 7) is 16.7. The van der Waals surface area contributed by atoms with E-state index in [4.69, 9.17) is 4.74 Å². The summed E-state index contributed by atoms with van der Waals surface area (Å²) in [5.41, 5.74) is 4.82. The molecule has 1 heteroatoms. The average molecular weight is 246 g/mol. The van der Waals surface area contributed by atoms with Gasteiger partial charge in [-0.1, -0.05) is 44.7 Å². The first-order valence-electron chi connectivity index (χ1n) is 6.61. The molecule has 1 aliphatic heterocycles. The van der Waals surface area contributed by atoms with Gasteiger partial charge in [0.15, 0.2) is 0 Å². The van der Waals surface area contributed by atoms with Gasteiger partial charge in [0.1, 0.15) is 12.4 Å². The Morgan fingerprint density at radius 3 is 2.33 bits per heavy atom. The summed E-state index contributed by atoms with van der Waals surface area (Å²) in [6, 6.07) is 0. The summed E-state index contributed by atoms with van der Waals surface area (Å²) in [7, 11) is 0. The molecule has 0 spiro atoms. The van der Waals surface area contributed by atoms with Crippen LogP contribution >= 0.6 is 0 Å². The summed E-state index contributed by atoms with van der Waals surface area (Å²) >= 11 is 0. The van der Waals surface area contributed by atoms with Gasteiger partial charge in [-0.15, -0.1) is 0 Å². The predicted octanol–water partition coefficient (Wildman–Crippen LogP) is 5.34. The molecule has 0 saturated carbocycles. The van der Waals surface area contributed by atoms with Crippen molar-refractivity contribution in [2.75, 3.05) is 6.61 Å². The van der Waals surface area contributed by atoms with E-state index < -0.39 is 0 Å². The van der Waals surface area contributed by atoms with Crippen LogP contribution in [0.1, 0.15) is 41.5 Å². The fraction of sp³-hybridized carbons (Fsp3) is 0.412. The minimum atomic E-state index is 0.621. The van der Waals surface area contributed by atoms with Crippen molar-refractivity contribution in [3.8, 4) is 0 Å². The van der Waals surface area contributed by atoms with Crippen molar-refractivity contribution in [2.24, 2.45) is 0 Å². The van der Waals surface area contributed by atoms with Gasteiger partial charge in [0, 0.05) is 5.57 Å². The molecule has 0 bridgehead atoms. The van der Waals surface area contributed by atoms with Crippen LogP contribution in [0.5, 0.6) is 0 Å². The minimum Gasteiger partial charge on any atom is -0.493 e. The van der Waals surface area contributed by atoms with E-state index in [1.165, 1.54) is 16.7 Å². The predicted molar refractivity (Wildman–Crippen MR) is 81.5 cm³/mol. The Bertz CT molecular complexity index is 403. The van der Waals surface area contributed by atoms with E-state index in [0.717, 1.165) is 11.3 Å². The Balaban J connectivity index is 0.00000137. The molecule has 0 aromatic heterocycles. The zero-order valence-corrected chi connectivity index (χ0v) is 12.6. The zero-order chi connectivity index (χ0) is 14.1. The molecule has 0 aromatic carbocycles. The van der Waals surface area contributed by atoms with E-state index in [1.54, 1.807) is 0 Å². The summed E-state index contributed by atoms with van der Waals surface area (Å²) in [4.78, 5) is 0. The van der Waals surface area contributed by atoms with Crippen LogP contribution in [0.2, 0.25) is 0 Å². The number of rotatable bonds is 3. The first-order valence-corrected chi connectivity index (χ1v) is 6.61. The van der Waals surface area contributed by atoms with E-state index in [9.17, 15) is 0 Å². The zero-order valence-electron chi connectivity index (χ0n) is 12.6. The Kier molecular flexibility index (Phi) is 7.86. The van der Waals surface area contributed by atoms with Crippen LogP contribution in [0.4, 0.5) is 0 Å². The van der Waals surface area contributed by atoms with Crippen LogP contribution in [-0.2, 0) is 4.74 Å².